The van der Waals surface area contributed by atoms with Crippen molar-refractivity contribution in [2.45, 2.75) is 24.5 Å². The maximum atomic E-state index is 14.2. The monoisotopic (exact) mass is 554 g/mol. The number of carbonyl (C=O) groups is 4. The van der Waals surface area contributed by atoms with Crippen molar-refractivity contribution in [2.75, 3.05) is 18.6 Å². The number of amides is 4. The summed E-state index contributed by atoms with van der Waals surface area (Å²) in [4.78, 5) is 58.7. The number of fused-ring (bicyclic) bond motifs is 4. The van der Waals surface area contributed by atoms with Crippen LogP contribution in [0.3, 0.4) is 0 Å². The highest BCUT2D eigenvalue weighted by atomic mass is 16.5. The highest BCUT2D eigenvalue weighted by molar-refractivity contribution is 6.24. The minimum atomic E-state index is -1.55. The molecule has 3 heterocycles. The minimum Gasteiger partial charge on any atom is -0.497 e. The molecule has 4 N–H and O–H groups in total. The van der Waals surface area contributed by atoms with E-state index in [2.05, 4.69) is 10.3 Å². The Morgan fingerprint density at radius 1 is 1.05 bits per heavy atom. The Kier molecular flexibility index (Phi) is 6.43. The Bertz CT molecular complexity index is 1700. The van der Waals surface area contributed by atoms with E-state index < -0.39 is 48.5 Å². The summed E-state index contributed by atoms with van der Waals surface area (Å²) < 4.78 is 5.32. The van der Waals surface area contributed by atoms with Crippen LogP contribution in [0.25, 0.3) is 10.9 Å². The first-order chi connectivity index (χ1) is 19.8. The lowest BCUT2D eigenvalue weighted by Gasteiger charge is -2.36. The largest absolute Gasteiger partial charge is 0.497 e. The number of imide groups is 1. The second-order valence-corrected chi connectivity index (χ2v) is 9.89. The molecule has 0 bridgehead atoms. The number of urea groups is 1. The molecule has 3 unspecified atom stereocenters. The topological polar surface area (TPSA) is 152 Å². The van der Waals surface area contributed by atoms with E-state index in [4.69, 9.17) is 4.74 Å². The number of nitrogens with zero attached hydrogens (tertiary/aromatic N) is 2. The number of aliphatic hydroxyl groups excluding tert-OH is 1. The predicted molar refractivity (Wildman–Crippen MR) is 148 cm³/mol. The molecule has 3 aromatic carbocycles. The zero-order valence-electron chi connectivity index (χ0n) is 21.9. The Hall–Kier alpha value is -5.16. The number of aliphatic carboxylic acids is 1. The third kappa shape index (κ3) is 4.18. The number of rotatable bonds is 7. The van der Waals surface area contributed by atoms with Gasteiger partial charge >= 0.3 is 12.0 Å². The number of aromatic amines is 1. The van der Waals surface area contributed by atoms with E-state index in [-0.39, 0.29) is 17.7 Å². The average molecular weight is 555 g/mol. The smallest absolute Gasteiger partial charge is 0.332 e. The number of aromatic nitrogens is 1. The van der Waals surface area contributed by atoms with Gasteiger partial charge in [-0.2, -0.15) is 0 Å². The lowest BCUT2D eigenvalue weighted by atomic mass is 9.89. The van der Waals surface area contributed by atoms with E-state index >= 15 is 0 Å². The van der Waals surface area contributed by atoms with E-state index in [1.54, 1.807) is 31.4 Å². The molecule has 2 aliphatic rings. The number of hydrogen-bond donors (Lipinski definition) is 4. The van der Waals surface area contributed by atoms with Crippen molar-refractivity contribution >= 4 is 40.4 Å². The quantitative estimate of drug-likeness (QED) is 0.256. The van der Waals surface area contributed by atoms with Crippen molar-refractivity contribution in [1.29, 1.82) is 0 Å². The van der Waals surface area contributed by atoms with Gasteiger partial charge in [-0.15, -0.1) is 0 Å². The standard InChI is InChI=1S/C30H26N4O7/c1-41-17-12-10-16(11-13-17)26-25-20(18-6-2-4-8-21(18)31-25)14-24-28(37)34(30(40)33(24)26)23-9-5-3-7-19(23)27(36)32-22(15-35)29(38)39/h2-13,22,24,26,31,35H,14-15H2,1H3,(H,32,36)(H,38,39). The molecule has 1 fully saturated rings. The van der Waals surface area contributed by atoms with Crippen molar-refractivity contribution in [3.63, 3.8) is 0 Å². The molecule has 0 aliphatic carbocycles. The summed E-state index contributed by atoms with van der Waals surface area (Å²) in [5.74, 6) is -2.11. The molecule has 4 amide bonds. The Labute approximate surface area is 233 Å². The fourth-order valence-electron chi connectivity index (χ4n) is 5.71. The molecule has 208 valence electrons. The number of methoxy groups -OCH3 is 1. The molecular weight excluding hydrogens is 528 g/mol. The molecule has 0 saturated carbocycles. The minimum absolute atomic E-state index is 0.0264. The lowest BCUT2D eigenvalue weighted by molar-refractivity contribution is -0.140. The highest BCUT2D eigenvalue weighted by Gasteiger charge is 2.53. The van der Waals surface area contributed by atoms with Crippen LogP contribution in [-0.4, -0.2) is 69.7 Å². The molecule has 0 radical (unpaired) electrons. The number of benzene rings is 3. The molecule has 0 spiro atoms. The fraction of sp³-hybridized carbons (Fsp3) is 0.200. The first-order valence-electron chi connectivity index (χ1n) is 13.0. The zero-order valence-corrected chi connectivity index (χ0v) is 21.9. The fourth-order valence-corrected chi connectivity index (χ4v) is 5.71. The van der Waals surface area contributed by atoms with Gasteiger partial charge in [0.15, 0.2) is 6.04 Å². The molecular formula is C30H26N4O7. The van der Waals surface area contributed by atoms with Crippen molar-refractivity contribution < 1.29 is 34.1 Å². The molecule has 4 aromatic rings. The Morgan fingerprint density at radius 3 is 2.46 bits per heavy atom. The van der Waals surface area contributed by atoms with Crippen LogP contribution >= 0.6 is 0 Å². The zero-order chi connectivity index (χ0) is 28.8. The van der Waals surface area contributed by atoms with Crippen LogP contribution in [0.5, 0.6) is 5.75 Å². The van der Waals surface area contributed by atoms with Crippen molar-refractivity contribution in [2.24, 2.45) is 0 Å². The highest BCUT2D eigenvalue weighted by Crippen LogP contribution is 2.45. The second-order valence-electron chi connectivity index (χ2n) is 9.89. The summed E-state index contributed by atoms with van der Waals surface area (Å²) in [7, 11) is 1.56. The average Bonchev–Trinajstić information content (AvgIpc) is 3.48. The van der Waals surface area contributed by atoms with Gasteiger partial charge in [0.1, 0.15) is 17.8 Å². The maximum absolute atomic E-state index is 14.2. The lowest BCUT2D eigenvalue weighted by Crippen LogP contribution is -2.44. The molecule has 11 nitrogen and oxygen atoms in total. The summed E-state index contributed by atoms with van der Waals surface area (Å²) in [5.41, 5.74) is 3.35. The molecule has 2 aliphatic heterocycles. The number of nitrogens with one attached hydrogen (secondary N) is 2. The number of carboxylic acid groups (broad SMARTS) is 1. The van der Waals surface area contributed by atoms with E-state index in [9.17, 15) is 29.4 Å². The number of aliphatic hydroxyl groups is 1. The van der Waals surface area contributed by atoms with Gasteiger partial charge in [-0.05, 0) is 41.5 Å². The van der Waals surface area contributed by atoms with Gasteiger partial charge in [0.2, 0.25) is 0 Å². The summed E-state index contributed by atoms with van der Waals surface area (Å²) in [6.07, 6.45) is 0.271. The third-order valence-electron chi connectivity index (χ3n) is 7.66. The molecule has 11 heteroatoms. The number of carbonyl (C=O) groups excluding carboxylic acids is 3. The second kappa shape index (κ2) is 10.1. The first kappa shape index (κ1) is 26.1. The number of anilines is 1. The van der Waals surface area contributed by atoms with Gasteiger partial charge in [0.25, 0.3) is 11.8 Å². The van der Waals surface area contributed by atoms with Crippen LogP contribution in [0, 0.1) is 0 Å². The van der Waals surface area contributed by atoms with Crippen molar-refractivity contribution in [3.8, 4) is 5.75 Å². The normalized spacial score (nSPS) is 18.7. The van der Waals surface area contributed by atoms with E-state index in [1.165, 1.54) is 17.0 Å². The van der Waals surface area contributed by atoms with Gasteiger partial charge < -0.3 is 25.3 Å². The van der Waals surface area contributed by atoms with E-state index in [1.807, 2.05) is 36.4 Å². The third-order valence-corrected chi connectivity index (χ3v) is 7.66. The van der Waals surface area contributed by atoms with Crippen molar-refractivity contribution in [3.05, 3.63) is 95.2 Å². The van der Waals surface area contributed by atoms with Crippen LogP contribution in [-0.2, 0) is 16.0 Å². The van der Waals surface area contributed by atoms with Crippen LogP contribution in [0.4, 0.5) is 10.5 Å². The number of ether oxygens (including phenoxy) is 1. The van der Waals surface area contributed by atoms with E-state index in [0.29, 0.717) is 5.75 Å². The summed E-state index contributed by atoms with van der Waals surface area (Å²) >= 11 is 0. The first-order valence-corrected chi connectivity index (χ1v) is 13.0. The maximum Gasteiger partial charge on any atom is 0.332 e. The number of carboxylic acids is 1. The van der Waals surface area contributed by atoms with Gasteiger partial charge in [-0.25, -0.2) is 14.5 Å². The summed E-state index contributed by atoms with van der Waals surface area (Å²) in [6.45, 7) is -0.824. The summed E-state index contributed by atoms with van der Waals surface area (Å²) in [5, 5.41) is 21.9. The van der Waals surface area contributed by atoms with Crippen molar-refractivity contribution in [1.82, 2.24) is 15.2 Å². The molecule has 6 rings (SSSR count). The Morgan fingerprint density at radius 2 is 1.76 bits per heavy atom. The predicted octanol–water partition coefficient (Wildman–Crippen LogP) is 2.83. The molecule has 3 atom stereocenters. The van der Waals surface area contributed by atoms with E-state index in [0.717, 1.165) is 32.6 Å². The molecule has 1 saturated heterocycles. The SMILES string of the molecule is COc1ccc(C2c3[nH]c4ccccc4c3CC3C(=O)N(c4ccccc4C(=O)NC(CO)C(=O)O)C(=O)N32)cc1. The molecule has 1 aromatic heterocycles. The number of H-pyrrole nitrogens is 1. The van der Waals surface area contributed by atoms with Crippen LogP contribution in [0.15, 0.2) is 72.8 Å². The van der Waals surface area contributed by atoms with Crippen LogP contribution in [0.1, 0.15) is 33.2 Å². The van der Waals surface area contributed by atoms with Crippen LogP contribution in [0.2, 0.25) is 0 Å². The van der Waals surface area contributed by atoms with Gasteiger partial charge in [-0.3, -0.25) is 14.5 Å². The number of hydrogen-bond acceptors (Lipinski definition) is 6. The summed E-state index contributed by atoms with van der Waals surface area (Å²) in [6, 6.07) is 17.4. The number of para-hydroxylation sites is 2. The van der Waals surface area contributed by atoms with Crippen LogP contribution < -0.4 is 15.0 Å². The van der Waals surface area contributed by atoms with Gasteiger partial charge in [-0.1, -0.05) is 42.5 Å². The van der Waals surface area contributed by atoms with Gasteiger partial charge in [0, 0.05) is 23.0 Å². The molecule has 41 heavy (non-hydrogen) atoms. The van der Waals surface area contributed by atoms with Gasteiger partial charge in [0.05, 0.1) is 25.0 Å². The Balaban J connectivity index is 1.45.